The Bertz CT molecular complexity index is 871. The summed E-state index contributed by atoms with van der Waals surface area (Å²) >= 11 is 1.27. The zero-order valence-electron chi connectivity index (χ0n) is 16.3. The third kappa shape index (κ3) is 6.33. The van der Waals surface area contributed by atoms with Gasteiger partial charge in [0.25, 0.3) is 0 Å². The van der Waals surface area contributed by atoms with Crippen LogP contribution in [-0.4, -0.2) is 42.0 Å². The van der Waals surface area contributed by atoms with Gasteiger partial charge in [-0.25, -0.2) is 0 Å². The summed E-state index contributed by atoms with van der Waals surface area (Å²) in [6.45, 7) is 2.36. The second-order valence-corrected chi connectivity index (χ2v) is 7.72. The first-order valence-corrected chi connectivity index (χ1v) is 10.1. The molecule has 2 aromatic carbocycles. The highest BCUT2D eigenvalue weighted by molar-refractivity contribution is 8.15. The summed E-state index contributed by atoms with van der Waals surface area (Å²) in [5.74, 6) is 0.970. The fourth-order valence-electron chi connectivity index (χ4n) is 2.69. The predicted molar refractivity (Wildman–Crippen MR) is 114 cm³/mol. The van der Waals surface area contributed by atoms with Crippen LogP contribution in [0.4, 0.5) is 5.69 Å². The molecule has 1 aliphatic rings. The molecule has 152 valence electrons. The van der Waals surface area contributed by atoms with Crippen LogP contribution in [0.2, 0.25) is 0 Å². The van der Waals surface area contributed by atoms with E-state index >= 15 is 0 Å². The molecule has 0 aliphatic carbocycles. The zero-order valence-corrected chi connectivity index (χ0v) is 17.1. The number of benzene rings is 2. The van der Waals surface area contributed by atoms with E-state index in [0.717, 1.165) is 5.75 Å². The van der Waals surface area contributed by atoms with Crippen LogP contribution in [0, 0.1) is 0 Å². The van der Waals surface area contributed by atoms with Gasteiger partial charge in [-0.15, -0.1) is 0 Å². The van der Waals surface area contributed by atoms with Gasteiger partial charge >= 0.3 is 0 Å². The molecule has 2 aromatic rings. The maximum Gasteiger partial charge on any atom is 0.240 e. The normalized spacial score (nSPS) is 18.3. The summed E-state index contributed by atoms with van der Waals surface area (Å²) in [5, 5.41) is 5.56. The summed E-state index contributed by atoms with van der Waals surface area (Å²) in [6, 6.07) is 16.5. The van der Waals surface area contributed by atoms with Crippen molar-refractivity contribution in [2.45, 2.75) is 24.6 Å². The van der Waals surface area contributed by atoms with E-state index in [1.165, 1.54) is 11.8 Å². The SMILES string of the molecule is COC[C@@H](C)N=C1NC(=O)[C@H](CC(=O)Nc2ccc(Oc3ccccc3)cc2)S1. The Kier molecular flexibility index (Phi) is 7.26. The van der Waals surface area contributed by atoms with Crippen LogP contribution in [-0.2, 0) is 14.3 Å². The average molecular weight is 413 g/mol. The van der Waals surface area contributed by atoms with Crippen LogP contribution in [0.25, 0.3) is 0 Å². The average Bonchev–Trinajstić information content (AvgIpc) is 3.03. The van der Waals surface area contributed by atoms with Gasteiger partial charge in [-0.1, -0.05) is 30.0 Å². The van der Waals surface area contributed by atoms with Gasteiger partial charge in [-0.3, -0.25) is 14.6 Å². The standard InChI is InChI=1S/C21H23N3O4S/c1-14(13-27-2)22-21-24-20(26)18(29-21)12-19(25)23-15-8-10-17(11-9-15)28-16-6-4-3-5-7-16/h3-11,14,18H,12-13H2,1-2H3,(H,23,25)(H,22,24,26)/t14-,18+/m1/s1. The lowest BCUT2D eigenvalue weighted by molar-refractivity contribution is -0.122. The molecule has 0 saturated carbocycles. The van der Waals surface area contributed by atoms with Crippen molar-refractivity contribution in [2.75, 3.05) is 19.0 Å². The van der Waals surface area contributed by atoms with E-state index < -0.39 is 5.25 Å². The second-order valence-electron chi connectivity index (χ2n) is 6.53. The number of aliphatic imine (C=N–C) groups is 1. The highest BCUT2D eigenvalue weighted by Crippen LogP contribution is 2.25. The molecule has 2 N–H and O–H groups in total. The van der Waals surface area contributed by atoms with Gasteiger partial charge in [-0.2, -0.15) is 0 Å². The van der Waals surface area contributed by atoms with Gasteiger partial charge in [0.2, 0.25) is 11.8 Å². The Morgan fingerprint density at radius 1 is 1.17 bits per heavy atom. The van der Waals surface area contributed by atoms with Gasteiger partial charge in [0, 0.05) is 19.2 Å². The molecular weight excluding hydrogens is 390 g/mol. The largest absolute Gasteiger partial charge is 0.457 e. The fraction of sp³-hybridized carbons (Fsp3) is 0.286. The van der Waals surface area contributed by atoms with E-state index in [9.17, 15) is 9.59 Å². The monoisotopic (exact) mass is 413 g/mol. The smallest absolute Gasteiger partial charge is 0.240 e. The van der Waals surface area contributed by atoms with Gasteiger partial charge in [0.1, 0.15) is 16.7 Å². The van der Waals surface area contributed by atoms with E-state index in [2.05, 4.69) is 15.6 Å². The fourth-order valence-corrected chi connectivity index (χ4v) is 3.76. The molecule has 1 heterocycles. The summed E-state index contributed by atoms with van der Waals surface area (Å²) < 4.78 is 10.8. The first-order valence-electron chi connectivity index (χ1n) is 9.20. The number of amidine groups is 1. The number of carbonyl (C=O) groups is 2. The lowest BCUT2D eigenvalue weighted by Crippen LogP contribution is -2.28. The number of carbonyl (C=O) groups excluding carboxylic acids is 2. The number of nitrogens with one attached hydrogen (secondary N) is 2. The van der Waals surface area contributed by atoms with Crippen LogP contribution in [0.1, 0.15) is 13.3 Å². The van der Waals surface area contributed by atoms with Crippen LogP contribution in [0.15, 0.2) is 59.6 Å². The number of rotatable bonds is 8. The van der Waals surface area contributed by atoms with Crippen LogP contribution in [0.3, 0.4) is 0 Å². The number of methoxy groups -OCH3 is 1. The molecule has 8 heteroatoms. The lowest BCUT2D eigenvalue weighted by Gasteiger charge is -2.09. The Labute approximate surface area is 173 Å². The Balaban J connectivity index is 1.51. The van der Waals surface area contributed by atoms with Gasteiger partial charge in [0.15, 0.2) is 5.17 Å². The zero-order chi connectivity index (χ0) is 20.6. The predicted octanol–water partition coefficient (Wildman–Crippen LogP) is 3.43. The van der Waals surface area contributed by atoms with E-state index in [4.69, 9.17) is 9.47 Å². The number of ether oxygens (including phenoxy) is 2. The third-order valence-corrected chi connectivity index (χ3v) is 5.11. The summed E-state index contributed by atoms with van der Waals surface area (Å²) in [5.41, 5.74) is 0.640. The number of hydrogen-bond donors (Lipinski definition) is 2. The van der Waals surface area contributed by atoms with Crippen molar-refractivity contribution in [2.24, 2.45) is 4.99 Å². The third-order valence-electron chi connectivity index (χ3n) is 4.01. The second kappa shape index (κ2) is 10.1. The maximum atomic E-state index is 12.3. The molecular formula is C21H23N3O4S. The van der Waals surface area contributed by atoms with Crippen molar-refractivity contribution in [3.8, 4) is 11.5 Å². The van der Waals surface area contributed by atoms with Crippen molar-refractivity contribution < 1.29 is 19.1 Å². The van der Waals surface area contributed by atoms with E-state index in [-0.39, 0.29) is 24.3 Å². The molecule has 1 fully saturated rings. The quantitative estimate of drug-likeness (QED) is 0.692. The lowest BCUT2D eigenvalue weighted by atomic mass is 10.2. The topological polar surface area (TPSA) is 89.0 Å². The van der Waals surface area contributed by atoms with Gasteiger partial charge in [0.05, 0.1) is 12.6 Å². The van der Waals surface area contributed by atoms with Crippen LogP contribution in [0.5, 0.6) is 11.5 Å². The minimum absolute atomic E-state index is 0.0630. The van der Waals surface area contributed by atoms with Crippen molar-refractivity contribution >= 4 is 34.4 Å². The molecule has 0 unspecified atom stereocenters. The van der Waals surface area contributed by atoms with E-state index in [1.807, 2.05) is 37.3 Å². The Morgan fingerprint density at radius 2 is 1.86 bits per heavy atom. The number of thioether (sulfide) groups is 1. The molecule has 0 radical (unpaired) electrons. The molecule has 0 spiro atoms. The van der Waals surface area contributed by atoms with Crippen LogP contribution < -0.4 is 15.4 Å². The number of anilines is 1. The molecule has 2 amide bonds. The Morgan fingerprint density at radius 3 is 2.55 bits per heavy atom. The highest BCUT2D eigenvalue weighted by atomic mass is 32.2. The molecule has 29 heavy (non-hydrogen) atoms. The van der Waals surface area contributed by atoms with Crippen molar-refractivity contribution in [3.63, 3.8) is 0 Å². The summed E-state index contributed by atoms with van der Waals surface area (Å²) in [7, 11) is 1.60. The van der Waals surface area contributed by atoms with Gasteiger partial charge in [-0.05, 0) is 43.3 Å². The van der Waals surface area contributed by atoms with Crippen LogP contribution >= 0.6 is 11.8 Å². The molecule has 0 aromatic heterocycles. The number of para-hydroxylation sites is 1. The molecule has 0 bridgehead atoms. The van der Waals surface area contributed by atoms with Crippen molar-refractivity contribution in [3.05, 3.63) is 54.6 Å². The highest BCUT2D eigenvalue weighted by Gasteiger charge is 2.32. The van der Waals surface area contributed by atoms with Crippen molar-refractivity contribution in [1.29, 1.82) is 0 Å². The van der Waals surface area contributed by atoms with Gasteiger partial charge < -0.3 is 20.1 Å². The summed E-state index contributed by atoms with van der Waals surface area (Å²) in [4.78, 5) is 28.8. The number of amides is 2. The first kappa shape index (κ1) is 20.9. The molecule has 3 rings (SSSR count). The molecule has 1 saturated heterocycles. The molecule has 7 nitrogen and oxygen atoms in total. The molecule has 1 aliphatic heterocycles. The van der Waals surface area contributed by atoms with Crippen molar-refractivity contribution in [1.82, 2.24) is 5.32 Å². The maximum absolute atomic E-state index is 12.3. The first-order chi connectivity index (χ1) is 14.0. The Hall–Kier alpha value is -2.84. The number of hydrogen-bond acceptors (Lipinski definition) is 6. The summed E-state index contributed by atoms with van der Waals surface area (Å²) in [6.07, 6.45) is 0.0659. The number of nitrogens with zero attached hydrogens (tertiary/aromatic N) is 1. The minimum Gasteiger partial charge on any atom is -0.457 e. The van der Waals surface area contributed by atoms with E-state index in [0.29, 0.717) is 23.2 Å². The minimum atomic E-state index is -0.496. The molecule has 2 atom stereocenters. The van der Waals surface area contributed by atoms with E-state index in [1.54, 1.807) is 31.4 Å².